The minimum Gasteiger partial charge on any atom is -0.324 e. The molecule has 0 radical (unpaired) electrons. The summed E-state index contributed by atoms with van der Waals surface area (Å²) in [4.78, 5) is 25.9. The van der Waals surface area contributed by atoms with Gasteiger partial charge in [-0.1, -0.05) is 24.3 Å². The fourth-order valence-corrected chi connectivity index (χ4v) is 2.84. The Hall–Kier alpha value is -2.69. The smallest absolute Gasteiger partial charge is 0.227 e. The minimum absolute atomic E-state index is 0.0861. The second-order valence-electron chi connectivity index (χ2n) is 5.84. The van der Waals surface area contributed by atoms with Crippen LogP contribution in [0.5, 0.6) is 0 Å². The number of nitrogens with one attached hydrogen (secondary N) is 1. The number of benzene rings is 2. The zero-order valence-electron chi connectivity index (χ0n) is 13.3. The fraction of sp³-hybridized carbons (Fsp3) is 0.263. The van der Waals surface area contributed by atoms with Gasteiger partial charge in [0.25, 0.3) is 0 Å². The molecule has 0 bridgehead atoms. The molecule has 1 aliphatic rings. The van der Waals surface area contributed by atoms with Crippen molar-refractivity contribution in [3.05, 3.63) is 59.9 Å². The van der Waals surface area contributed by atoms with Crippen LogP contribution in [0.3, 0.4) is 0 Å². The van der Waals surface area contributed by atoms with Crippen molar-refractivity contribution in [1.29, 1.82) is 0 Å². The standard InChI is InChI=1S/C19H19FN2O2/c20-15-10-7-14(8-11-15)9-12-18(23)21-16-4-1-2-5-17(16)22-13-3-6-19(22)24/h1-2,4-5,7-8,10-11H,3,6,9,12-13H2,(H,21,23). The number of hydrogen-bond acceptors (Lipinski definition) is 2. The van der Waals surface area contributed by atoms with Gasteiger partial charge in [-0.15, -0.1) is 0 Å². The van der Waals surface area contributed by atoms with Gasteiger partial charge in [0.15, 0.2) is 0 Å². The molecule has 124 valence electrons. The third-order valence-corrected chi connectivity index (χ3v) is 4.10. The minimum atomic E-state index is -0.285. The van der Waals surface area contributed by atoms with Gasteiger partial charge in [0.05, 0.1) is 11.4 Å². The maximum Gasteiger partial charge on any atom is 0.227 e. The predicted molar refractivity (Wildman–Crippen MR) is 91.4 cm³/mol. The number of carbonyl (C=O) groups is 2. The van der Waals surface area contributed by atoms with Crippen LogP contribution in [0.2, 0.25) is 0 Å². The highest BCUT2D eigenvalue weighted by Gasteiger charge is 2.24. The molecule has 2 aromatic rings. The molecule has 0 spiro atoms. The molecule has 0 saturated carbocycles. The Morgan fingerprint density at radius 3 is 2.58 bits per heavy atom. The largest absolute Gasteiger partial charge is 0.324 e. The third kappa shape index (κ3) is 3.79. The molecule has 1 heterocycles. The molecular weight excluding hydrogens is 307 g/mol. The summed E-state index contributed by atoms with van der Waals surface area (Å²) in [6.45, 7) is 0.682. The number of halogens is 1. The van der Waals surface area contributed by atoms with E-state index in [2.05, 4.69) is 5.32 Å². The quantitative estimate of drug-likeness (QED) is 0.914. The van der Waals surface area contributed by atoms with Crippen molar-refractivity contribution in [1.82, 2.24) is 0 Å². The topological polar surface area (TPSA) is 49.4 Å². The lowest BCUT2D eigenvalue weighted by atomic mass is 10.1. The van der Waals surface area contributed by atoms with Gasteiger partial charge < -0.3 is 10.2 Å². The number of rotatable bonds is 5. The molecule has 2 amide bonds. The maximum absolute atomic E-state index is 12.9. The number of aryl methyl sites for hydroxylation is 1. The Balaban J connectivity index is 1.64. The van der Waals surface area contributed by atoms with Gasteiger partial charge in [-0.3, -0.25) is 9.59 Å². The van der Waals surface area contributed by atoms with Crippen LogP contribution in [0.15, 0.2) is 48.5 Å². The third-order valence-electron chi connectivity index (χ3n) is 4.10. The number of hydrogen-bond donors (Lipinski definition) is 1. The summed E-state index contributed by atoms with van der Waals surface area (Å²) in [5.74, 6) is -0.325. The summed E-state index contributed by atoms with van der Waals surface area (Å²) in [6.07, 6.45) is 2.23. The Morgan fingerprint density at radius 2 is 1.88 bits per heavy atom. The Labute approximate surface area is 140 Å². The monoisotopic (exact) mass is 326 g/mol. The highest BCUT2D eigenvalue weighted by Crippen LogP contribution is 2.29. The van der Waals surface area contributed by atoms with Crippen molar-refractivity contribution in [2.45, 2.75) is 25.7 Å². The first kappa shape index (κ1) is 16.2. The van der Waals surface area contributed by atoms with E-state index >= 15 is 0 Å². The highest BCUT2D eigenvalue weighted by atomic mass is 19.1. The molecular formula is C19H19FN2O2. The van der Waals surface area contributed by atoms with E-state index in [-0.39, 0.29) is 17.6 Å². The number of para-hydroxylation sites is 2. The molecule has 0 atom stereocenters. The molecule has 5 heteroatoms. The van der Waals surface area contributed by atoms with E-state index in [1.165, 1.54) is 12.1 Å². The van der Waals surface area contributed by atoms with E-state index in [1.807, 2.05) is 18.2 Å². The molecule has 4 nitrogen and oxygen atoms in total. The van der Waals surface area contributed by atoms with Crippen molar-refractivity contribution < 1.29 is 14.0 Å². The Bertz CT molecular complexity index is 743. The maximum atomic E-state index is 12.9. The van der Waals surface area contributed by atoms with E-state index in [4.69, 9.17) is 0 Å². The first-order valence-corrected chi connectivity index (χ1v) is 8.07. The molecule has 2 aromatic carbocycles. The van der Waals surface area contributed by atoms with Crippen LogP contribution in [-0.2, 0) is 16.0 Å². The molecule has 3 rings (SSSR count). The van der Waals surface area contributed by atoms with Gasteiger partial charge in [0, 0.05) is 19.4 Å². The molecule has 24 heavy (non-hydrogen) atoms. The average Bonchev–Trinajstić information content (AvgIpc) is 3.01. The van der Waals surface area contributed by atoms with Gasteiger partial charge in [-0.05, 0) is 42.7 Å². The zero-order valence-corrected chi connectivity index (χ0v) is 13.3. The second kappa shape index (κ2) is 7.25. The van der Waals surface area contributed by atoms with Crippen molar-refractivity contribution in [2.75, 3.05) is 16.8 Å². The van der Waals surface area contributed by atoms with Crippen molar-refractivity contribution in [3.8, 4) is 0 Å². The van der Waals surface area contributed by atoms with Crippen LogP contribution >= 0.6 is 0 Å². The van der Waals surface area contributed by atoms with E-state index in [0.717, 1.165) is 17.7 Å². The number of nitrogens with zero attached hydrogens (tertiary/aromatic N) is 1. The van der Waals surface area contributed by atoms with E-state index in [9.17, 15) is 14.0 Å². The number of amides is 2. The van der Waals surface area contributed by atoms with Crippen LogP contribution in [-0.4, -0.2) is 18.4 Å². The normalized spacial score (nSPS) is 14.0. The molecule has 0 aromatic heterocycles. The van der Waals surface area contributed by atoms with Gasteiger partial charge in [0.2, 0.25) is 11.8 Å². The predicted octanol–water partition coefficient (Wildman–Crippen LogP) is 3.52. The van der Waals surface area contributed by atoms with Crippen molar-refractivity contribution in [2.24, 2.45) is 0 Å². The Kier molecular flexibility index (Phi) is 4.89. The van der Waals surface area contributed by atoms with E-state index in [1.54, 1.807) is 23.1 Å². The number of anilines is 2. The lowest BCUT2D eigenvalue weighted by Crippen LogP contribution is -2.25. The lowest BCUT2D eigenvalue weighted by molar-refractivity contribution is -0.117. The van der Waals surface area contributed by atoms with Gasteiger partial charge in [0.1, 0.15) is 5.82 Å². The van der Waals surface area contributed by atoms with Crippen LogP contribution in [0.25, 0.3) is 0 Å². The van der Waals surface area contributed by atoms with Crippen LogP contribution in [0.4, 0.5) is 15.8 Å². The molecule has 1 fully saturated rings. The summed E-state index contributed by atoms with van der Waals surface area (Å²) in [5.41, 5.74) is 2.31. The molecule has 1 aliphatic heterocycles. The summed E-state index contributed by atoms with van der Waals surface area (Å²) in [6, 6.07) is 13.5. The first-order chi connectivity index (χ1) is 11.6. The SMILES string of the molecule is O=C(CCc1ccc(F)cc1)Nc1ccccc1N1CCCC1=O. The molecule has 1 saturated heterocycles. The van der Waals surface area contributed by atoms with Gasteiger partial charge in [-0.2, -0.15) is 0 Å². The van der Waals surface area contributed by atoms with Crippen molar-refractivity contribution in [3.63, 3.8) is 0 Å². The van der Waals surface area contributed by atoms with E-state index < -0.39 is 0 Å². The molecule has 0 unspecified atom stereocenters. The highest BCUT2D eigenvalue weighted by molar-refractivity contribution is 6.02. The van der Waals surface area contributed by atoms with Crippen LogP contribution in [0, 0.1) is 5.82 Å². The summed E-state index contributed by atoms with van der Waals surface area (Å²) < 4.78 is 12.9. The average molecular weight is 326 g/mol. The van der Waals surface area contributed by atoms with Gasteiger partial charge >= 0.3 is 0 Å². The zero-order chi connectivity index (χ0) is 16.9. The summed E-state index contributed by atoms with van der Waals surface area (Å²) in [5, 5.41) is 2.88. The van der Waals surface area contributed by atoms with E-state index in [0.29, 0.717) is 31.5 Å². The first-order valence-electron chi connectivity index (χ1n) is 8.07. The number of carbonyl (C=O) groups excluding carboxylic acids is 2. The summed E-state index contributed by atoms with van der Waals surface area (Å²) >= 11 is 0. The summed E-state index contributed by atoms with van der Waals surface area (Å²) in [7, 11) is 0. The van der Waals surface area contributed by atoms with Gasteiger partial charge in [-0.25, -0.2) is 4.39 Å². The second-order valence-corrected chi connectivity index (χ2v) is 5.84. The van der Waals surface area contributed by atoms with Crippen LogP contribution in [0.1, 0.15) is 24.8 Å². The Morgan fingerprint density at radius 1 is 1.12 bits per heavy atom. The molecule has 1 N–H and O–H groups in total. The molecule has 0 aliphatic carbocycles. The lowest BCUT2D eigenvalue weighted by Gasteiger charge is -2.20. The van der Waals surface area contributed by atoms with Crippen molar-refractivity contribution >= 4 is 23.2 Å². The fourth-order valence-electron chi connectivity index (χ4n) is 2.84. The van der Waals surface area contributed by atoms with Crippen LogP contribution < -0.4 is 10.2 Å².